The third kappa shape index (κ3) is 3.09. The van der Waals surface area contributed by atoms with Gasteiger partial charge in [-0.2, -0.15) is 0 Å². The zero-order valence-corrected chi connectivity index (χ0v) is 12.9. The molecule has 0 N–H and O–H groups in total. The highest BCUT2D eigenvalue weighted by molar-refractivity contribution is 5.44. The van der Waals surface area contributed by atoms with Crippen LogP contribution >= 0.6 is 0 Å². The number of halogens is 1. The molecule has 0 unspecified atom stereocenters. The van der Waals surface area contributed by atoms with E-state index >= 15 is 0 Å². The highest BCUT2D eigenvalue weighted by Gasteiger charge is 2.17. The van der Waals surface area contributed by atoms with Crippen LogP contribution in [0.3, 0.4) is 0 Å². The molecule has 0 heterocycles. The lowest BCUT2D eigenvalue weighted by Gasteiger charge is -2.20. The molecule has 3 aromatic rings. The lowest BCUT2D eigenvalue weighted by atomic mass is 9.84. The van der Waals surface area contributed by atoms with Gasteiger partial charge in [0.05, 0.1) is 0 Å². The predicted molar refractivity (Wildman–Crippen MR) is 89.7 cm³/mol. The molecule has 0 saturated carbocycles. The number of hydrogen-bond acceptors (Lipinski definition) is 0. The van der Waals surface area contributed by atoms with E-state index in [1.165, 1.54) is 34.4 Å². The van der Waals surface area contributed by atoms with Crippen molar-refractivity contribution < 1.29 is 4.39 Å². The van der Waals surface area contributed by atoms with Crippen LogP contribution in [0.15, 0.2) is 72.8 Å². The molecule has 0 fully saturated rings. The maximum atomic E-state index is 13.3. The van der Waals surface area contributed by atoms with E-state index < -0.39 is 0 Å². The molecule has 0 radical (unpaired) electrons. The maximum Gasteiger partial charge on any atom is 0.123 e. The van der Waals surface area contributed by atoms with Crippen LogP contribution < -0.4 is 0 Å². The monoisotopic (exact) mass is 290 g/mol. The second-order valence-corrected chi connectivity index (χ2v) is 5.81. The number of aryl methyl sites for hydroxylation is 2. The van der Waals surface area contributed by atoms with Crippen LogP contribution in [0.2, 0.25) is 0 Å². The van der Waals surface area contributed by atoms with Gasteiger partial charge < -0.3 is 0 Å². The molecule has 0 aliphatic rings. The summed E-state index contributed by atoms with van der Waals surface area (Å²) in [6, 6.07) is 23.9. The zero-order valence-electron chi connectivity index (χ0n) is 12.9. The van der Waals surface area contributed by atoms with E-state index in [-0.39, 0.29) is 11.7 Å². The van der Waals surface area contributed by atoms with Crippen LogP contribution in [0, 0.1) is 19.7 Å². The molecule has 0 spiro atoms. The smallest absolute Gasteiger partial charge is 0.123 e. The van der Waals surface area contributed by atoms with Crippen LogP contribution in [0.4, 0.5) is 4.39 Å². The van der Waals surface area contributed by atoms with E-state index in [1.807, 2.05) is 12.1 Å². The Balaban J connectivity index is 2.15. The molecule has 0 amide bonds. The Bertz CT molecular complexity index is 726. The molecule has 0 aliphatic heterocycles. The molecule has 3 aromatic carbocycles. The summed E-state index contributed by atoms with van der Waals surface area (Å²) < 4.78 is 13.3. The van der Waals surface area contributed by atoms with E-state index in [0.717, 1.165) is 5.56 Å². The molecule has 0 atom stereocenters. The fourth-order valence-corrected chi connectivity index (χ4v) is 2.93. The van der Waals surface area contributed by atoms with Crippen LogP contribution in [0.25, 0.3) is 0 Å². The van der Waals surface area contributed by atoms with Gasteiger partial charge in [0, 0.05) is 5.92 Å². The Hall–Kier alpha value is -2.41. The summed E-state index contributed by atoms with van der Waals surface area (Å²) in [5.74, 6) is -0.0728. The van der Waals surface area contributed by atoms with Gasteiger partial charge in [0.25, 0.3) is 0 Å². The predicted octanol–water partition coefficient (Wildman–Crippen LogP) is 5.62. The summed E-state index contributed by atoms with van der Waals surface area (Å²) in [6.45, 7) is 4.20. The fourth-order valence-electron chi connectivity index (χ4n) is 2.93. The SMILES string of the molecule is Cc1cccc(C(c2ccc(F)cc2)c2cccc(C)c2)c1. The second-order valence-electron chi connectivity index (χ2n) is 5.81. The number of benzene rings is 3. The lowest BCUT2D eigenvalue weighted by molar-refractivity contribution is 0.627. The van der Waals surface area contributed by atoms with Gasteiger partial charge in [0.15, 0.2) is 0 Å². The second kappa shape index (κ2) is 6.15. The number of rotatable bonds is 3. The Labute approximate surface area is 131 Å². The van der Waals surface area contributed by atoms with Crippen molar-refractivity contribution in [1.82, 2.24) is 0 Å². The molecule has 0 nitrogen and oxygen atoms in total. The van der Waals surface area contributed by atoms with Gasteiger partial charge in [0.2, 0.25) is 0 Å². The Kier molecular flexibility index (Phi) is 4.06. The molecule has 110 valence electrons. The zero-order chi connectivity index (χ0) is 15.5. The highest BCUT2D eigenvalue weighted by atomic mass is 19.1. The van der Waals surface area contributed by atoms with E-state index in [0.29, 0.717) is 0 Å². The molecular weight excluding hydrogens is 271 g/mol. The van der Waals surface area contributed by atoms with Gasteiger partial charge in [-0.25, -0.2) is 4.39 Å². The summed E-state index contributed by atoms with van der Waals surface area (Å²) in [4.78, 5) is 0. The Morgan fingerprint density at radius 2 is 1.14 bits per heavy atom. The minimum absolute atomic E-state index is 0.125. The topological polar surface area (TPSA) is 0 Å². The Morgan fingerprint density at radius 3 is 1.59 bits per heavy atom. The quantitative estimate of drug-likeness (QED) is 0.549. The van der Waals surface area contributed by atoms with Crippen molar-refractivity contribution in [2.45, 2.75) is 19.8 Å². The molecule has 0 aromatic heterocycles. The van der Waals surface area contributed by atoms with Crippen molar-refractivity contribution >= 4 is 0 Å². The first-order valence-electron chi connectivity index (χ1n) is 7.52. The minimum Gasteiger partial charge on any atom is -0.207 e. The highest BCUT2D eigenvalue weighted by Crippen LogP contribution is 2.32. The molecule has 1 heteroatoms. The summed E-state index contributed by atoms with van der Waals surface area (Å²) >= 11 is 0. The summed E-state index contributed by atoms with van der Waals surface area (Å²) in [5, 5.41) is 0. The van der Waals surface area contributed by atoms with Gasteiger partial charge in [0.1, 0.15) is 5.82 Å². The fraction of sp³-hybridized carbons (Fsp3) is 0.143. The van der Waals surface area contributed by atoms with Gasteiger partial charge in [-0.1, -0.05) is 71.8 Å². The van der Waals surface area contributed by atoms with Crippen molar-refractivity contribution in [3.63, 3.8) is 0 Å². The molecule has 3 rings (SSSR count). The van der Waals surface area contributed by atoms with Crippen molar-refractivity contribution in [2.24, 2.45) is 0 Å². The molecule has 0 saturated heterocycles. The molecule has 22 heavy (non-hydrogen) atoms. The molecular formula is C21H19F. The summed E-state index contributed by atoms with van der Waals surface area (Å²) in [6.07, 6.45) is 0. The normalized spacial score (nSPS) is 10.9. The van der Waals surface area contributed by atoms with Crippen molar-refractivity contribution in [3.05, 3.63) is 106 Å². The van der Waals surface area contributed by atoms with E-state index in [9.17, 15) is 4.39 Å². The van der Waals surface area contributed by atoms with Crippen LogP contribution in [0.1, 0.15) is 33.7 Å². The maximum absolute atomic E-state index is 13.3. The molecule has 0 bridgehead atoms. The number of hydrogen-bond donors (Lipinski definition) is 0. The summed E-state index contributed by atoms with van der Waals surface area (Å²) in [7, 11) is 0. The van der Waals surface area contributed by atoms with Crippen molar-refractivity contribution in [2.75, 3.05) is 0 Å². The summed E-state index contributed by atoms with van der Waals surface area (Å²) in [5.41, 5.74) is 6.04. The average molecular weight is 290 g/mol. The Morgan fingerprint density at radius 1 is 0.636 bits per heavy atom. The minimum atomic E-state index is -0.198. The third-order valence-electron chi connectivity index (χ3n) is 3.95. The van der Waals surface area contributed by atoms with Crippen molar-refractivity contribution in [1.29, 1.82) is 0 Å². The average Bonchev–Trinajstić information content (AvgIpc) is 2.50. The van der Waals surface area contributed by atoms with Crippen LogP contribution in [0.5, 0.6) is 0 Å². The van der Waals surface area contributed by atoms with Gasteiger partial charge in [-0.15, -0.1) is 0 Å². The van der Waals surface area contributed by atoms with Crippen LogP contribution in [-0.4, -0.2) is 0 Å². The van der Waals surface area contributed by atoms with Crippen molar-refractivity contribution in [3.8, 4) is 0 Å². The first-order chi connectivity index (χ1) is 10.6. The van der Waals surface area contributed by atoms with E-state index in [2.05, 4.69) is 62.4 Å². The molecule has 0 aliphatic carbocycles. The first kappa shape index (κ1) is 14.5. The van der Waals surface area contributed by atoms with Gasteiger partial charge in [-0.3, -0.25) is 0 Å². The van der Waals surface area contributed by atoms with E-state index in [4.69, 9.17) is 0 Å². The lowest BCUT2D eigenvalue weighted by Crippen LogP contribution is -2.04. The third-order valence-corrected chi connectivity index (χ3v) is 3.95. The van der Waals surface area contributed by atoms with Gasteiger partial charge in [-0.05, 0) is 42.7 Å². The largest absolute Gasteiger partial charge is 0.207 e. The standard InChI is InChI=1S/C21H19F/c1-15-5-3-7-18(13-15)21(17-9-11-20(22)12-10-17)19-8-4-6-16(2)14-19/h3-14,21H,1-2H3. The van der Waals surface area contributed by atoms with Gasteiger partial charge >= 0.3 is 0 Å². The van der Waals surface area contributed by atoms with Crippen LogP contribution in [-0.2, 0) is 0 Å². The van der Waals surface area contributed by atoms with E-state index in [1.54, 1.807) is 0 Å². The first-order valence-corrected chi connectivity index (χ1v) is 7.52.